The molecular formula is C13H16ClN3. The topological polar surface area (TPSA) is 40.7 Å². The minimum atomic E-state index is 0.370. The molecule has 0 aliphatic carbocycles. The minimum Gasteiger partial charge on any atom is -0.366 e. The highest BCUT2D eigenvalue weighted by Gasteiger charge is 2.10. The molecule has 0 bridgehead atoms. The lowest BCUT2D eigenvalue weighted by Gasteiger charge is -2.07. The Labute approximate surface area is 106 Å². The molecule has 1 heterocycles. The first kappa shape index (κ1) is 12.0. The third kappa shape index (κ3) is 2.61. The summed E-state index contributed by atoms with van der Waals surface area (Å²) in [5.74, 6) is 0.907. The fraction of sp³-hybridized carbons (Fsp3) is 0.308. The highest BCUT2D eigenvalue weighted by Crippen LogP contribution is 2.27. The molecule has 0 saturated heterocycles. The van der Waals surface area contributed by atoms with E-state index in [1.165, 1.54) is 0 Å². The molecule has 0 amide bonds. The number of halogens is 1. The van der Waals surface area contributed by atoms with Crippen molar-refractivity contribution in [3.63, 3.8) is 0 Å². The molecule has 2 aromatic rings. The normalized spacial score (nSPS) is 10.9. The molecular weight excluding hydrogens is 234 g/mol. The first-order chi connectivity index (χ1) is 8.08. The molecule has 1 aromatic carbocycles. The molecule has 90 valence electrons. The van der Waals surface area contributed by atoms with Crippen LogP contribution in [0.3, 0.4) is 0 Å². The molecule has 0 radical (unpaired) electrons. The summed E-state index contributed by atoms with van der Waals surface area (Å²) in [4.78, 5) is 0. The molecule has 2 N–H and O–H groups in total. The van der Waals surface area contributed by atoms with Gasteiger partial charge >= 0.3 is 0 Å². The van der Waals surface area contributed by atoms with Crippen molar-refractivity contribution in [1.29, 1.82) is 0 Å². The maximum atomic E-state index is 5.87. The van der Waals surface area contributed by atoms with E-state index in [4.69, 9.17) is 11.6 Å². The molecule has 0 aliphatic heterocycles. The highest BCUT2D eigenvalue weighted by molar-refractivity contribution is 6.30. The Kier molecular flexibility index (Phi) is 3.38. The van der Waals surface area contributed by atoms with Gasteiger partial charge in [0, 0.05) is 16.6 Å². The highest BCUT2D eigenvalue weighted by atomic mass is 35.5. The van der Waals surface area contributed by atoms with Gasteiger partial charge in [0.2, 0.25) is 0 Å². The quantitative estimate of drug-likeness (QED) is 0.867. The maximum absolute atomic E-state index is 5.87. The van der Waals surface area contributed by atoms with E-state index in [0.717, 1.165) is 27.7 Å². The number of hydrogen-bond donors (Lipinski definition) is 2. The van der Waals surface area contributed by atoms with E-state index in [9.17, 15) is 0 Å². The summed E-state index contributed by atoms with van der Waals surface area (Å²) in [6.07, 6.45) is 0. The lowest BCUT2D eigenvalue weighted by molar-refractivity contribution is 0.882. The van der Waals surface area contributed by atoms with Crippen molar-refractivity contribution in [3.8, 4) is 11.3 Å². The number of anilines is 1. The molecule has 3 nitrogen and oxygen atoms in total. The van der Waals surface area contributed by atoms with Crippen LogP contribution >= 0.6 is 11.6 Å². The van der Waals surface area contributed by atoms with Crippen LogP contribution in [0.5, 0.6) is 0 Å². The lowest BCUT2D eigenvalue weighted by Crippen LogP contribution is -2.10. The molecule has 0 spiro atoms. The summed E-state index contributed by atoms with van der Waals surface area (Å²) in [6.45, 7) is 6.24. The first-order valence-corrected chi connectivity index (χ1v) is 6.03. The van der Waals surface area contributed by atoms with Crippen LogP contribution in [0.1, 0.15) is 19.4 Å². The number of aromatic amines is 1. The van der Waals surface area contributed by atoms with Crippen molar-refractivity contribution in [3.05, 3.63) is 34.9 Å². The van der Waals surface area contributed by atoms with Gasteiger partial charge in [-0.15, -0.1) is 0 Å². The molecule has 17 heavy (non-hydrogen) atoms. The summed E-state index contributed by atoms with van der Waals surface area (Å²) in [5.41, 5.74) is 3.25. The molecule has 4 heteroatoms. The van der Waals surface area contributed by atoms with Crippen molar-refractivity contribution >= 4 is 17.4 Å². The largest absolute Gasteiger partial charge is 0.366 e. The zero-order valence-corrected chi connectivity index (χ0v) is 11.0. The van der Waals surface area contributed by atoms with E-state index in [2.05, 4.69) is 36.3 Å². The fourth-order valence-electron chi connectivity index (χ4n) is 1.71. The smallest absolute Gasteiger partial charge is 0.151 e. The summed E-state index contributed by atoms with van der Waals surface area (Å²) < 4.78 is 0. The maximum Gasteiger partial charge on any atom is 0.151 e. The van der Waals surface area contributed by atoms with E-state index in [-0.39, 0.29) is 0 Å². The number of H-pyrrole nitrogens is 1. The third-order valence-electron chi connectivity index (χ3n) is 2.57. The Balaban J connectivity index is 2.33. The number of benzene rings is 1. The fourth-order valence-corrected chi connectivity index (χ4v) is 1.84. The van der Waals surface area contributed by atoms with E-state index in [1.54, 1.807) is 0 Å². The SMILES string of the molecule is Cc1c(NC(C)C)n[nH]c1-c1ccc(Cl)cc1. The van der Waals surface area contributed by atoms with Gasteiger partial charge in [-0.2, -0.15) is 5.10 Å². The van der Waals surface area contributed by atoms with E-state index < -0.39 is 0 Å². The number of rotatable bonds is 3. The molecule has 1 aromatic heterocycles. The van der Waals surface area contributed by atoms with Crippen LogP contribution in [0.2, 0.25) is 5.02 Å². The van der Waals surface area contributed by atoms with Crippen LogP contribution in [0.4, 0.5) is 5.82 Å². The number of hydrogen-bond acceptors (Lipinski definition) is 2. The van der Waals surface area contributed by atoms with Crippen molar-refractivity contribution < 1.29 is 0 Å². The zero-order chi connectivity index (χ0) is 12.4. The summed E-state index contributed by atoms with van der Waals surface area (Å²) >= 11 is 5.87. The van der Waals surface area contributed by atoms with Crippen LogP contribution in [-0.2, 0) is 0 Å². The Morgan fingerprint density at radius 2 is 1.88 bits per heavy atom. The molecule has 0 aliphatic rings. The van der Waals surface area contributed by atoms with Crippen molar-refractivity contribution in [2.24, 2.45) is 0 Å². The monoisotopic (exact) mass is 249 g/mol. The lowest BCUT2D eigenvalue weighted by atomic mass is 10.1. The van der Waals surface area contributed by atoms with Gasteiger partial charge in [-0.1, -0.05) is 23.7 Å². The summed E-state index contributed by atoms with van der Waals surface area (Å²) in [6, 6.07) is 8.11. The van der Waals surface area contributed by atoms with Gasteiger partial charge in [-0.25, -0.2) is 0 Å². The van der Waals surface area contributed by atoms with Crippen molar-refractivity contribution in [2.45, 2.75) is 26.8 Å². The Morgan fingerprint density at radius 3 is 2.47 bits per heavy atom. The van der Waals surface area contributed by atoms with Crippen LogP contribution in [0.15, 0.2) is 24.3 Å². The Morgan fingerprint density at radius 1 is 1.24 bits per heavy atom. The first-order valence-electron chi connectivity index (χ1n) is 5.65. The average molecular weight is 250 g/mol. The second kappa shape index (κ2) is 4.80. The van der Waals surface area contributed by atoms with Gasteiger partial charge in [0.25, 0.3) is 0 Å². The summed E-state index contributed by atoms with van der Waals surface area (Å²) in [5, 5.41) is 11.4. The molecule has 0 unspecified atom stereocenters. The second-order valence-corrected chi connectivity index (χ2v) is 4.81. The van der Waals surface area contributed by atoms with Gasteiger partial charge < -0.3 is 5.32 Å². The van der Waals surface area contributed by atoms with Gasteiger partial charge in [0.05, 0.1) is 5.69 Å². The number of nitrogens with one attached hydrogen (secondary N) is 2. The van der Waals surface area contributed by atoms with Gasteiger partial charge in [-0.05, 0) is 38.5 Å². The van der Waals surface area contributed by atoms with E-state index in [0.29, 0.717) is 6.04 Å². The Hall–Kier alpha value is -1.48. The molecule has 0 saturated carbocycles. The van der Waals surface area contributed by atoms with Crippen LogP contribution in [0.25, 0.3) is 11.3 Å². The number of nitrogens with zero attached hydrogens (tertiary/aromatic N) is 1. The van der Waals surface area contributed by atoms with Crippen molar-refractivity contribution in [2.75, 3.05) is 5.32 Å². The van der Waals surface area contributed by atoms with Crippen LogP contribution < -0.4 is 5.32 Å². The molecule has 0 atom stereocenters. The third-order valence-corrected chi connectivity index (χ3v) is 2.82. The van der Waals surface area contributed by atoms with E-state index in [1.807, 2.05) is 24.3 Å². The average Bonchev–Trinajstić information content (AvgIpc) is 2.61. The number of aromatic nitrogens is 2. The van der Waals surface area contributed by atoms with Gasteiger partial charge in [0.15, 0.2) is 5.82 Å². The Bertz CT molecular complexity index is 500. The molecule has 0 fully saturated rings. The minimum absolute atomic E-state index is 0.370. The van der Waals surface area contributed by atoms with Crippen molar-refractivity contribution in [1.82, 2.24) is 10.2 Å². The standard InChI is InChI=1S/C13H16ClN3/c1-8(2)15-13-9(3)12(16-17-13)10-4-6-11(14)7-5-10/h4-8H,1-3H3,(H2,15,16,17). The van der Waals surface area contributed by atoms with Crippen LogP contribution in [0, 0.1) is 6.92 Å². The second-order valence-electron chi connectivity index (χ2n) is 4.38. The molecule has 2 rings (SSSR count). The van der Waals surface area contributed by atoms with E-state index >= 15 is 0 Å². The van der Waals surface area contributed by atoms with Gasteiger partial charge in [-0.3, -0.25) is 5.10 Å². The predicted molar refractivity (Wildman–Crippen MR) is 72.5 cm³/mol. The summed E-state index contributed by atoms with van der Waals surface area (Å²) in [7, 11) is 0. The zero-order valence-electron chi connectivity index (χ0n) is 10.2. The predicted octanol–water partition coefficient (Wildman–Crippen LogP) is 3.86. The van der Waals surface area contributed by atoms with Crippen LogP contribution in [-0.4, -0.2) is 16.2 Å². The van der Waals surface area contributed by atoms with Gasteiger partial charge in [0.1, 0.15) is 0 Å².